The van der Waals surface area contributed by atoms with Gasteiger partial charge in [0, 0.05) is 24.8 Å². The minimum Gasteiger partial charge on any atom is -0.495 e. The number of hydrogen-bond donors (Lipinski definition) is 0. The molecule has 0 aliphatic rings. The molecule has 0 spiro atoms. The summed E-state index contributed by atoms with van der Waals surface area (Å²) in [7, 11) is 0. The Kier molecular flexibility index (Phi) is 8.00. The zero-order valence-corrected chi connectivity index (χ0v) is 26.9. The van der Waals surface area contributed by atoms with Crippen LogP contribution in [0.15, 0.2) is 85.7 Å². The summed E-state index contributed by atoms with van der Waals surface area (Å²) in [4.78, 5) is 18.1. The number of hydrogen-bond acceptors (Lipinski definition) is 5. The second-order valence-corrected chi connectivity index (χ2v) is 12.4. The molecule has 0 amide bonds. The van der Waals surface area contributed by atoms with Crippen LogP contribution in [0, 0.1) is 12.1 Å². The van der Waals surface area contributed by atoms with Gasteiger partial charge in [0.05, 0.1) is 11.5 Å². The Morgan fingerprint density at radius 1 is 0.571 bits per heavy atom. The van der Waals surface area contributed by atoms with Crippen LogP contribution in [0.3, 0.4) is 0 Å². The standard InChI is InChI=1S/C36H32N4O.Pt/c1-35(2,3)27-9-13-39-31(19-27)25-15-23-7-11-37-21-29(23)33(17-25)41-34-18-26(16-24-8-12-38-22-30(24)34)32-20-28(10-14-40-32)36(4,5)6;/h7-16,19-22H,1-6H3;/q-2;+2. The van der Waals surface area contributed by atoms with Crippen LogP contribution < -0.4 is 4.74 Å². The zero-order valence-electron chi connectivity index (χ0n) is 24.6. The van der Waals surface area contributed by atoms with Gasteiger partial charge in [-0.15, -0.1) is 23.3 Å². The smallest absolute Gasteiger partial charge is 0.495 e. The number of pyridine rings is 4. The van der Waals surface area contributed by atoms with Gasteiger partial charge in [0.2, 0.25) is 0 Å². The summed E-state index contributed by atoms with van der Waals surface area (Å²) in [6.45, 7) is 13.2. The second-order valence-electron chi connectivity index (χ2n) is 12.4. The topological polar surface area (TPSA) is 60.8 Å². The Morgan fingerprint density at radius 2 is 1.00 bits per heavy atom. The van der Waals surface area contributed by atoms with Crippen molar-refractivity contribution in [2.75, 3.05) is 0 Å². The minimum absolute atomic E-state index is 0. The van der Waals surface area contributed by atoms with Gasteiger partial charge in [-0.2, -0.15) is 0 Å². The molecular formula is C36H32N4OPt. The summed E-state index contributed by atoms with van der Waals surface area (Å²) in [5.41, 5.74) is 5.79. The fraction of sp³-hybridized carbons (Fsp3) is 0.222. The van der Waals surface area contributed by atoms with Crippen LogP contribution in [0.5, 0.6) is 11.5 Å². The zero-order chi connectivity index (χ0) is 28.8. The maximum absolute atomic E-state index is 6.68. The first kappa shape index (κ1) is 29.5. The first-order valence-electron chi connectivity index (χ1n) is 13.8. The predicted molar refractivity (Wildman–Crippen MR) is 165 cm³/mol. The predicted octanol–water partition coefficient (Wildman–Crippen LogP) is 8.89. The van der Waals surface area contributed by atoms with Crippen molar-refractivity contribution in [3.05, 3.63) is 109 Å². The Morgan fingerprint density at radius 3 is 1.40 bits per heavy atom. The maximum Gasteiger partial charge on any atom is 2.00 e. The molecule has 6 heteroatoms. The average molecular weight is 732 g/mol. The molecule has 0 unspecified atom stereocenters. The first-order chi connectivity index (χ1) is 19.6. The van der Waals surface area contributed by atoms with E-state index in [0.29, 0.717) is 11.5 Å². The van der Waals surface area contributed by atoms with E-state index < -0.39 is 0 Å². The molecule has 6 aromatic rings. The molecule has 0 bridgehead atoms. The Bertz CT molecular complexity index is 1770. The molecular weight excluding hydrogens is 700 g/mol. The molecule has 4 aromatic heterocycles. The van der Waals surface area contributed by atoms with Gasteiger partial charge in [0.25, 0.3) is 0 Å². The molecule has 0 N–H and O–H groups in total. The first-order valence-corrected chi connectivity index (χ1v) is 13.8. The van der Waals surface area contributed by atoms with Crippen molar-refractivity contribution in [1.29, 1.82) is 0 Å². The van der Waals surface area contributed by atoms with Gasteiger partial charge >= 0.3 is 21.1 Å². The van der Waals surface area contributed by atoms with Gasteiger partial charge in [-0.3, -0.25) is 9.97 Å². The molecule has 212 valence electrons. The molecule has 2 aromatic carbocycles. The quantitative estimate of drug-likeness (QED) is 0.170. The van der Waals surface area contributed by atoms with Crippen LogP contribution >= 0.6 is 0 Å². The monoisotopic (exact) mass is 731 g/mol. The maximum atomic E-state index is 6.68. The summed E-state index contributed by atoms with van der Waals surface area (Å²) >= 11 is 0. The summed E-state index contributed by atoms with van der Waals surface area (Å²) in [6, 6.07) is 23.5. The molecule has 0 fully saturated rings. The molecule has 0 aliphatic heterocycles. The number of ether oxygens (including phenoxy) is 1. The van der Waals surface area contributed by atoms with Crippen molar-refractivity contribution in [2.45, 2.75) is 52.4 Å². The van der Waals surface area contributed by atoms with E-state index in [1.54, 1.807) is 12.4 Å². The number of nitrogens with zero attached hydrogens (tertiary/aromatic N) is 4. The van der Waals surface area contributed by atoms with E-state index in [1.165, 1.54) is 11.1 Å². The van der Waals surface area contributed by atoms with Gasteiger partial charge in [-0.25, -0.2) is 0 Å². The summed E-state index contributed by atoms with van der Waals surface area (Å²) < 4.78 is 6.68. The van der Waals surface area contributed by atoms with Crippen molar-refractivity contribution in [1.82, 2.24) is 19.9 Å². The van der Waals surface area contributed by atoms with Crippen LogP contribution in [-0.2, 0) is 31.9 Å². The fourth-order valence-corrected chi connectivity index (χ4v) is 4.83. The van der Waals surface area contributed by atoms with Crippen LogP contribution in [0.4, 0.5) is 0 Å². The van der Waals surface area contributed by atoms with E-state index in [0.717, 1.165) is 44.1 Å². The van der Waals surface area contributed by atoms with Gasteiger partial charge in [-0.1, -0.05) is 88.7 Å². The van der Waals surface area contributed by atoms with Crippen LogP contribution in [0.1, 0.15) is 52.7 Å². The molecule has 6 rings (SSSR count). The van der Waals surface area contributed by atoms with Gasteiger partial charge in [-0.05, 0) is 68.6 Å². The van der Waals surface area contributed by atoms with E-state index in [9.17, 15) is 0 Å². The van der Waals surface area contributed by atoms with Gasteiger partial charge < -0.3 is 14.7 Å². The van der Waals surface area contributed by atoms with E-state index >= 15 is 0 Å². The third kappa shape index (κ3) is 5.98. The SMILES string of the molecule is CC(C)(C)c1ccnc(-c2[c-]c(Oc3[c-]c(-c4cc(C(C)(C)C)ccn4)cc4ccncc34)c3cnccc3c2)c1.[Pt+2]. The Balaban J connectivity index is 0.00000353. The molecule has 0 saturated heterocycles. The largest absolute Gasteiger partial charge is 2.00 e. The number of aromatic nitrogens is 4. The minimum atomic E-state index is -0.00255. The van der Waals surface area contributed by atoms with Crippen molar-refractivity contribution >= 4 is 21.5 Å². The third-order valence-corrected chi connectivity index (χ3v) is 7.30. The Labute approximate surface area is 261 Å². The molecule has 4 heterocycles. The van der Waals surface area contributed by atoms with E-state index in [2.05, 4.69) is 110 Å². The van der Waals surface area contributed by atoms with Crippen molar-refractivity contribution in [3.8, 4) is 34.0 Å². The number of rotatable bonds is 4. The van der Waals surface area contributed by atoms with Crippen LogP contribution in [0.25, 0.3) is 44.1 Å². The number of fused-ring (bicyclic) bond motifs is 2. The fourth-order valence-electron chi connectivity index (χ4n) is 4.83. The molecule has 0 atom stereocenters. The van der Waals surface area contributed by atoms with Gasteiger partial charge in [0.1, 0.15) is 0 Å². The summed E-state index contributed by atoms with van der Waals surface area (Å²) in [5.74, 6) is 1.12. The van der Waals surface area contributed by atoms with E-state index in [4.69, 9.17) is 4.74 Å². The van der Waals surface area contributed by atoms with Crippen molar-refractivity contribution in [3.63, 3.8) is 0 Å². The van der Waals surface area contributed by atoms with Crippen molar-refractivity contribution < 1.29 is 25.8 Å². The molecule has 0 aliphatic carbocycles. The normalized spacial score (nSPS) is 11.9. The van der Waals surface area contributed by atoms with E-state index in [1.807, 2.05) is 36.9 Å². The van der Waals surface area contributed by atoms with E-state index in [-0.39, 0.29) is 31.9 Å². The van der Waals surface area contributed by atoms with Crippen molar-refractivity contribution in [2.24, 2.45) is 0 Å². The Hall–Kier alpha value is -3.95. The summed E-state index contributed by atoms with van der Waals surface area (Å²) in [5, 5.41) is 3.69. The second kappa shape index (κ2) is 11.4. The van der Waals surface area contributed by atoms with Gasteiger partial charge in [0.15, 0.2) is 0 Å². The molecule has 42 heavy (non-hydrogen) atoms. The third-order valence-electron chi connectivity index (χ3n) is 7.30. The van der Waals surface area contributed by atoms with Crippen LogP contribution in [-0.4, -0.2) is 19.9 Å². The molecule has 0 saturated carbocycles. The summed E-state index contributed by atoms with van der Waals surface area (Å²) in [6.07, 6.45) is 10.9. The van der Waals surface area contributed by atoms with Crippen LogP contribution in [0.2, 0.25) is 0 Å². The number of benzene rings is 2. The molecule has 5 nitrogen and oxygen atoms in total. The average Bonchev–Trinajstić information content (AvgIpc) is 2.96. The molecule has 0 radical (unpaired) electrons.